The Hall–Kier alpha value is -3.02. The average Bonchev–Trinajstić information content (AvgIpc) is 3.47. The quantitative estimate of drug-likeness (QED) is 0.797. The first-order valence-electron chi connectivity index (χ1n) is 10.4. The minimum absolute atomic E-state index is 0.0135. The molecule has 2 atom stereocenters. The summed E-state index contributed by atoms with van der Waals surface area (Å²) in [4.78, 5) is 28.0. The predicted octanol–water partition coefficient (Wildman–Crippen LogP) is 3.15. The van der Waals surface area contributed by atoms with Crippen molar-refractivity contribution in [1.29, 1.82) is 0 Å². The summed E-state index contributed by atoms with van der Waals surface area (Å²) in [7, 11) is 3.22. The van der Waals surface area contributed by atoms with Crippen LogP contribution in [0.5, 0.6) is 11.5 Å². The van der Waals surface area contributed by atoms with Gasteiger partial charge in [-0.25, -0.2) is 0 Å². The monoisotopic (exact) mass is 408 g/mol. The highest BCUT2D eigenvalue weighted by Crippen LogP contribution is 2.40. The third-order valence-electron chi connectivity index (χ3n) is 6.01. The van der Waals surface area contributed by atoms with Crippen LogP contribution in [0.15, 0.2) is 42.5 Å². The van der Waals surface area contributed by atoms with Gasteiger partial charge >= 0.3 is 0 Å². The van der Waals surface area contributed by atoms with Crippen LogP contribution in [0.2, 0.25) is 0 Å². The van der Waals surface area contributed by atoms with Crippen molar-refractivity contribution in [3.8, 4) is 11.5 Å². The molecule has 0 spiro atoms. The van der Waals surface area contributed by atoms with Gasteiger partial charge in [0.05, 0.1) is 20.1 Å². The van der Waals surface area contributed by atoms with E-state index in [1.165, 1.54) is 0 Å². The number of carbonyl (C=O) groups excluding carboxylic acids is 2. The first kappa shape index (κ1) is 20.3. The van der Waals surface area contributed by atoms with Crippen LogP contribution in [0.4, 0.5) is 0 Å². The number of ether oxygens (including phenoxy) is 2. The number of hydrogen-bond acceptors (Lipinski definition) is 4. The zero-order valence-corrected chi connectivity index (χ0v) is 17.7. The lowest BCUT2D eigenvalue weighted by Gasteiger charge is -2.21. The Kier molecular flexibility index (Phi) is 5.66. The molecule has 1 heterocycles. The second-order valence-corrected chi connectivity index (χ2v) is 8.18. The highest BCUT2D eigenvalue weighted by molar-refractivity contribution is 5.95. The Morgan fingerprint density at radius 1 is 1.00 bits per heavy atom. The molecule has 2 aromatic carbocycles. The summed E-state index contributed by atoms with van der Waals surface area (Å²) < 4.78 is 10.9. The Morgan fingerprint density at radius 2 is 1.73 bits per heavy atom. The predicted molar refractivity (Wildman–Crippen MR) is 114 cm³/mol. The van der Waals surface area contributed by atoms with Crippen LogP contribution in [-0.2, 0) is 4.79 Å². The fourth-order valence-corrected chi connectivity index (χ4v) is 4.09. The van der Waals surface area contributed by atoms with Crippen LogP contribution in [-0.4, -0.2) is 50.1 Å². The Balaban J connectivity index is 1.63. The van der Waals surface area contributed by atoms with E-state index in [2.05, 4.69) is 5.32 Å². The van der Waals surface area contributed by atoms with Gasteiger partial charge in [-0.1, -0.05) is 23.8 Å². The summed E-state index contributed by atoms with van der Waals surface area (Å²) in [5, 5.41) is 3.12. The average molecular weight is 408 g/mol. The van der Waals surface area contributed by atoms with Gasteiger partial charge in [0, 0.05) is 42.2 Å². The molecule has 2 aromatic rings. The van der Waals surface area contributed by atoms with Gasteiger partial charge in [0.1, 0.15) is 11.5 Å². The van der Waals surface area contributed by atoms with E-state index in [0.29, 0.717) is 30.2 Å². The first-order chi connectivity index (χ1) is 14.5. The molecule has 2 fully saturated rings. The normalized spacial score (nSPS) is 20.7. The molecule has 1 N–H and O–H groups in total. The van der Waals surface area contributed by atoms with Gasteiger partial charge < -0.3 is 19.7 Å². The summed E-state index contributed by atoms with van der Waals surface area (Å²) >= 11 is 0. The summed E-state index contributed by atoms with van der Waals surface area (Å²) in [6.45, 7) is 2.86. The van der Waals surface area contributed by atoms with Crippen LogP contribution in [0, 0.1) is 12.8 Å². The zero-order chi connectivity index (χ0) is 21.3. The van der Waals surface area contributed by atoms with E-state index in [4.69, 9.17) is 9.47 Å². The number of hydrogen-bond donors (Lipinski definition) is 1. The number of benzene rings is 2. The van der Waals surface area contributed by atoms with Gasteiger partial charge in [-0.2, -0.15) is 0 Å². The van der Waals surface area contributed by atoms with Gasteiger partial charge in [0.15, 0.2) is 0 Å². The molecule has 30 heavy (non-hydrogen) atoms. The van der Waals surface area contributed by atoms with E-state index in [-0.39, 0.29) is 29.7 Å². The van der Waals surface area contributed by atoms with Gasteiger partial charge in [-0.15, -0.1) is 0 Å². The number of nitrogens with one attached hydrogen (secondary N) is 1. The maximum atomic E-state index is 13.1. The van der Waals surface area contributed by atoms with Crippen molar-refractivity contribution in [2.75, 3.05) is 27.3 Å². The SMILES string of the molecule is COc1ccc([C@H]2CN(C(=O)c3ccc(C)cc3)C[C@@H]2C(=O)NC2CC2)c(OC)c1. The molecule has 1 saturated carbocycles. The van der Waals surface area contributed by atoms with Crippen molar-refractivity contribution in [2.24, 2.45) is 5.92 Å². The van der Waals surface area contributed by atoms with Crippen molar-refractivity contribution in [3.63, 3.8) is 0 Å². The Bertz CT molecular complexity index is 937. The topological polar surface area (TPSA) is 67.9 Å². The molecule has 6 nitrogen and oxygen atoms in total. The molecule has 2 amide bonds. The molecule has 0 bridgehead atoms. The summed E-state index contributed by atoms with van der Waals surface area (Å²) in [6, 6.07) is 13.5. The maximum absolute atomic E-state index is 13.1. The summed E-state index contributed by atoms with van der Waals surface area (Å²) in [5.41, 5.74) is 2.67. The number of carbonyl (C=O) groups is 2. The van der Waals surface area contributed by atoms with Crippen molar-refractivity contribution >= 4 is 11.8 Å². The number of methoxy groups -OCH3 is 2. The van der Waals surface area contributed by atoms with Crippen LogP contribution >= 0.6 is 0 Å². The second kappa shape index (κ2) is 8.38. The van der Waals surface area contributed by atoms with Crippen molar-refractivity contribution in [2.45, 2.75) is 31.7 Å². The van der Waals surface area contributed by atoms with Gasteiger partial charge in [0.2, 0.25) is 5.91 Å². The molecule has 1 aliphatic carbocycles. The lowest BCUT2D eigenvalue weighted by atomic mass is 9.87. The molecule has 0 aromatic heterocycles. The van der Waals surface area contributed by atoms with Crippen LogP contribution in [0.1, 0.15) is 40.2 Å². The van der Waals surface area contributed by atoms with Crippen LogP contribution in [0.25, 0.3) is 0 Å². The first-order valence-corrected chi connectivity index (χ1v) is 10.4. The fraction of sp³-hybridized carbons (Fsp3) is 0.417. The fourth-order valence-electron chi connectivity index (χ4n) is 4.09. The van der Waals surface area contributed by atoms with Crippen molar-refractivity contribution in [1.82, 2.24) is 10.2 Å². The molecule has 0 unspecified atom stereocenters. The third kappa shape index (κ3) is 4.13. The highest BCUT2D eigenvalue weighted by Gasteiger charge is 2.43. The van der Waals surface area contributed by atoms with Crippen LogP contribution in [0.3, 0.4) is 0 Å². The third-order valence-corrected chi connectivity index (χ3v) is 6.01. The summed E-state index contributed by atoms with van der Waals surface area (Å²) in [5.74, 6) is 0.878. The van der Waals surface area contributed by atoms with Gasteiger partial charge in [0.25, 0.3) is 5.91 Å². The largest absolute Gasteiger partial charge is 0.497 e. The molecule has 0 radical (unpaired) electrons. The number of nitrogens with zero attached hydrogens (tertiary/aromatic N) is 1. The number of likely N-dealkylation sites (tertiary alicyclic amines) is 1. The molecule has 2 aliphatic rings. The molecular formula is C24H28N2O4. The zero-order valence-electron chi connectivity index (χ0n) is 17.7. The number of amides is 2. The van der Waals surface area contributed by atoms with Crippen molar-refractivity contribution in [3.05, 3.63) is 59.2 Å². The van der Waals surface area contributed by atoms with E-state index in [9.17, 15) is 9.59 Å². The minimum atomic E-state index is -0.317. The number of aryl methyl sites for hydroxylation is 1. The van der Waals surface area contributed by atoms with Gasteiger partial charge in [-0.3, -0.25) is 9.59 Å². The number of rotatable bonds is 6. The molecule has 6 heteroatoms. The molecular weight excluding hydrogens is 380 g/mol. The molecule has 1 aliphatic heterocycles. The second-order valence-electron chi connectivity index (χ2n) is 8.18. The Morgan fingerprint density at radius 3 is 2.37 bits per heavy atom. The van der Waals surface area contributed by atoms with E-state index >= 15 is 0 Å². The maximum Gasteiger partial charge on any atom is 0.253 e. The van der Waals surface area contributed by atoms with E-state index in [1.54, 1.807) is 19.1 Å². The van der Waals surface area contributed by atoms with Crippen LogP contribution < -0.4 is 14.8 Å². The Labute approximate surface area is 177 Å². The minimum Gasteiger partial charge on any atom is -0.497 e. The van der Waals surface area contributed by atoms with E-state index < -0.39 is 0 Å². The lowest BCUT2D eigenvalue weighted by molar-refractivity contribution is -0.125. The van der Waals surface area contributed by atoms with Gasteiger partial charge in [-0.05, 0) is 38.0 Å². The van der Waals surface area contributed by atoms with E-state index in [1.807, 2.05) is 49.4 Å². The molecule has 158 valence electrons. The lowest BCUT2D eigenvalue weighted by Crippen LogP contribution is -2.36. The standard InChI is InChI=1S/C24H28N2O4/c1-15-4-6-16(7-5-15)24(28)26-13-20(21(14-26)23(27)25-17-8-9-17)19-11-10-18(29-2)12-22(19)30-3/h4-7,10-12,17,20-21H,8-9,13-14H2,1-3H3,(H,25,27)/t20-,21+/m1/s1. The molecule has 4 rings (SSSR count). The smallest absolute Gasteiger partial charge is 0.253 e. The highest BCUT2D eigenvalue weighted by atomic mass is 16.5. The summed E-state index contributed by atoms with van der Waals surface area (Å²) in [6.07, 6.45) is 2.06. The van der Waals surface area contributed by atoms with Crippen molar-refractivity contribution < 1.29 is 19.1 Å². The molecule has 1 saturated heterocycles. The van der Waals surface area contributed by atoms with E-state index in [0.717, 1.165) is 24.0 Å².